The predicted molar refractivity (Wildman–Crippen MR) is 103 cm³/mol. The van der Waals surface area contributed by atoms with Gasteiger partial charge in [-0.2, -0.15) is 0 Å². The van der Waals surface area contributed by atoms with E-state index >= 15 is 0 Å². The van der Waals surface area contributed by atoms with Gasteiger partial charge in [0.25, 0.3) is 0 Å². The number of benzene rings is 2. The molecular weight excluding hydrogens is 376 g/mol. The summed E-state index contributed by atoms with van der Waals surface area (Å²) in [5, 5.41) is 6.28. The van der Waals surface area contributed by atoms with Gasteiger partial charge in [-0.1, -0.05) is 41.9 Å². The van der Waals surface area contributed by atoms with Crippen molar-refractivity contribution in [2.24, 2.45) is 0 Å². The van der Waals surface area contributed by atoms with Crippen LogP contribution in [-0.4, -0.2) is 20.4 Å². The Labute approximate surface area is 156 Å². The largest absolute Gasteiger partial charge is 0.314 e. The van der Waals surface area contributed by atoms with E-state index in [1.165, 1.54) is 11.3 Å². The zero-order valence-electron chi connectivity index (χ0n) is 13.6. The molecule has 0 aliphatic heterocycles. The zero-order chi connectivity index (χ0) is 17.9. The zero-order valence-corrected chi connectivity index (χ0v) is 16.0. The Kier molecular flexibility index (Phi) is 5.54. The number of sulfone groups is 1. The lowest BCUT2D eigenvalue weighted by Crippen LogP contribution is -2.07. The van der Waals surface area contributed by atoms with Crippen molar-refractivity contribution in [1.82, 2.24) is 10.3 Å². The van der Waals surface area contributed by atoms with Crippen LogP contribution in [0.25, 0.3) is 11.3 Å². The van der Waals surface area contributed by atoms with Crippen molar-refractivity contribution in [3.63, 3.8) is 0 Å². The first kappa shape index (κ1) is 18.1. The maximum Gasteiger partial charge on any atom is 0.183 e. The van der Waals surface area contributed by atoms with Gasteiger partial charge in [-0.05, 0) is 30.8 Å². The van der Waals surface area contributed by atoms with E-state index in [2.05, 4.69) is 10.3 Å². The third-order valence-corrected chi connectivity index (χ3v) is 6.46. The maximum absolute atomic E-state index is 13.0. The minimum atomic E-state index is -3.52. The molecule has 1 heterocycles. The van der Waals surface area contributed by atoms with Gasteiger partial charge in [-0.15, -0.1) is 11.3 Å². The number of rotatable bonds is 6. The van der Waals surface area contributed by atoms with E-state index in [-0.39, 0.29) is 10.6 Å². The molecule has 0 aliphatic rings. The minimum absolute atomic E-state index is 0.0595. The molecule has 7 heteroatoms. The molecule has 0 aliphatic carbocycles. The van der Waals surface area contributed by atoms with Crippen LogP contribution in [0.1, 0.15) is 10.6 Å². The Morgan fingerprint density at radius 2 is 1.92 bits per heavy atom. The quantitative estimate of drug-likeness (QED) is 0.684. The lowest BCUT2D eigenvalue weighted by atomic mass is 10.2. The second-order valence-electron chi connectivity index (χ2n) is 5.54. The molecule has 0 atom stereocenters. The number of hydrogen-bond acceptors (Lipinski definition) is 5. The molecule has 130 valence electrons. The first-order valence-corrected chi connectivity index (χ1v) is 10.6. The van der Waals surface area contributed by atoms with Gasteiger partial charge in [-0.25, -0.2) is 13.4 Å². The first-order valence-electron chi connectivity index (χ1n) is 7.65. The molecule has 0 saturated heterocycles. The molecule has 25 heavy (non-hydrogen) atoms. The van der Waals surface area contributed by atoms with Crippen LogP contribution in [-0.2, 0) is 22.1 Å². The van der Waals surface area contributed by atoms with Gasteiger partial charge in [-0.3, -0.25) is 0 Å². The highest BCUT2D eigenvalue weighted by Crippen LogP contribution is 2.32. The van der Waals surface area contributed by atoms with Crippen LogP contribution >= 0.6 is 22.9 Å². The highest BCUT2D eigenvalue weighted by atomic mass is 35.5. The van der Waals surface area contributed by atoms with Gasteiger partial charge < -0.3 is 5.32 Å². The SMILES string of the molecule is CNCc1nc(-c2cc(Cl)ccc2S(=O)(=O)Cc2ccccc2)cs1. The van der Waals surface area contributed by atoms with Crippen LogP contribution < -0.4 is 5.32 Å². The van der Waals surface area contributed by atoms with Gasteiger partial charge in [0.2, 0.25) is 0 Å². The van der Waals surface area contributed by atoms with Gasteiger partial charge in [0.1, 0.15) is 5.01 Å². The molecule has 0 unspecified atom stereocenters. The topological polar surface area (TPSA) is 59.1 Å². The van der Waals surface area contributed by atoms with Crippen molar-refractivity contribution in [2.75, 3.05) is 7.05 Å². The van der Waals surface area contributed by atoms with Crippen LogP contribution in [0.3, 0.4) is 0 Å². The highest BCUT2D eigenvalue weighted by Gasteiger charge is 2.22. The number of aromatic nitrogens is 1. The molecule has 0 fully saturated rings. The number of halogens is 1. The van der Waals surface area contributed by atoms with Crippen molar-refractivity contribution in [3.8, 4) is 11.3 Å². The molecule has 1 aromatic heterocycles. The summed E-state index contributed by atoms with van der Waals surface area (Å²) in [4.78, 5) is 4.78. The molecule has 3 rings (SSSR count). The second-order valence-corrected chi connectivity index (χ2v) is 8.88. The summed E-state index contributed by atoms with van der Waals surface area (Å²) in [6.45, 7) is 0.636. The molecule has 2 aromatic carbocycles. The van der Waals surface area contributed by atoms with Crippen LogP contribution in [0, 0.1) is 0 Å². The van der Waals surface area contributed by atoms with E-state index in [1.807, 2.05) is 30.6 Å². The van der Waals surface area contributed by atoms with Crippen molar-refractivity contribution in [3.05, 3.63) is 69.5 Å². The maximum atomic E-state index is 13.0. The fourth-order valence-electron chi connectivity index (χ4n) is 2.51. The Bertz CT molecular complexity index is 970. The van der Waals surface area contributed by atoms with Gasteiger partial charge >= 0.3 is 0 Å². The summed E-state index contributed by atoms with van der Waals surface area (Å²) in [5.41, 5.74) is 1.92. The normalized spacial score (nSPS) is 11.6. The smallest absolute Gasteiger partial charge is 0.183 e. The number of hydrogen-bond donors (Lipinski definition) is 1. The lowest BCUT2D eigenvalue weighted by Gasteiger charge is -2.10. The van der Waals surface area contributed by atoms with Crippen LogP contribution in [0.15, 0.2) is 58.8 Å². The van der Waals surface area contributed by atoms with Gasteiger partial charge in [0, 0.05) is 22.5 Å². The molecule has 4 nitrogen and oxygen atoms in total. The van der Waals surface area contributed by atoms with Crippen LogP contribution in [0.4, 0.5) is 0 Å². The van der Waals surface area contributed by atoms with E-state index < -0.39 is 9.84 Å². The lowest BCUT2D eigenvalue weighted by molar-refractivity contribution is 0.595. The molecule has 1 N–H and O–H groups in total. The standard InChI is InChI=1S/C18H17ClN2O2S2/c1-20-10-18-21-16(11-24-18)15-9-14(19)7-8-17(15)25(22,23)12-13-5-3-2-4-6-13/h2-9,11,20H,10,12H2,1H3. The summed E-state index contributed by atoms with van der Waals surface area (Å²) in [5.74, 6) is -0.0595. The summed E-state index contributed by atoms with van der Waals surface area (Å²) < 4.78 is 25.9. The first-order chi connectivity index (χ1) is 12.0. The number of thiazole rings is 1. The minimum Gasteiger partial charge on any atom is -0.314 e. The van der Waals surface area contributed by atoms with Gasteiger partial charge in [0.05, 0.1) is 16.3 Å². The van der Waals surface area contributed by atoms with E-state index in [9.17, 15) is 8.42 Å². The molecule has 0 amide bonds. The fourth-order valence-corrected chi connectivity index (χ4v) is 5.05. The summed E-state index contributed by atoms with van der Waals surface area (Å²) >= 11 is 7.60. The summed E-state index contributed by atoms with van der Waals surface area (Å²) in [6.07, 6.45) is 0. The average molecular weight is 393 g/mol. The third-order valence-electron chi connectivity index (χ3n) is 3.63. The predicted octanol–water partition coefficient (Wildman–Crippen LogP) is 4.16. The van der Waals surface area contributed by atoms with Crippen LogP contribution in [0.5, 0.6) is 0 Å². The monoisotopic (exact) mass is 392 g/mol. The van der Waals surface area contributed by atoms with E-state index in [0.717, 1.165) is 10.6 Å². The Morgan fingerprint density at radius 3 is 2.64 bits per heavy atom. The Morgan fingerprint density at radius 1 is 1.16 bits per heavy atom. The van der Waals surface area contributed by atoms with Crippen molar-refractivity contribution < 1.29 is 8.42 Å². The van der Waals surface area contributed by atoms with Crippen LogP contribution in [0.2, 0.25) is 5.02 Å². The summed E-state index contributed by atoms with van der Waals surface area (Å²) in [7, 11) is -1.68. The molecule has 0 radical (unpaired) electrons. The highest BCUT2D eigenvalue weighted by molar-refractivity contribution is 7.90. The van der Waals surface area contributed by atoms with Crippen molar-refractivity contribution >= 4 is 32.8 Å². The van der Waals surface area contributed by atoms with E-state index in [1.54, 1.807) is 30.3 Å². The van der Waals surface area contributed by atoms with E-state index in [0.29, 0.717) is 22.8 Å². The molecular formula is C18H17ClN2O2S2. The molecule has 0 spiro atoms. The Balaban J connectivity index is 2.04. The second kappa shape index (κ2) is 7.66. The summed E-state index contributed by atoms with van der Waals surface area (Å²) in [6, 6.07) is 14.0. The molecule has 3 aromatic rings. The van der Waals surface area contributed by atoms with Crippen molar-refractivity contribution in [1.29, 1.82) is 0 Å². The van der Waals surface area contributed by atoms with Crippen molar-refractivity contribution in [2.45, 2.75) is 17.2 Å². The average Bonchev–Trinajstić information content (AvgIpc) is 3.04. The Hall–Kier alpha value is -1.73. The molecule has 0 saturated carbocycles. The number of nitrogens with zero attached hydrogens (tertiary/aromatic N) is 1. The van der Waals surface area contributed by atoms with Gasteiger partial charge in [0.15, 0.2) is 9.84 Å². The molecule has 0 bridgehead atoms. The van der Waals surface area contributed by atoms with E-state index in [4.69, 9.17) is 11.6 Å². The number of nitrogens with one attached hydrogen (secondary N) is 1. The third kappa shape index (κ3) is 4.27. The fraction of sp³-hybridized carbons (Fsp3) is 0.167.